The van der Waals surface area contributed by atoms with E-state index in [1.165, 1.54) is 5.69 Å². The SMILES string of the molecule is CC(C)(C)OC(=O)NC[C@H]1CCCN1c1nc(N2CCN(c3ccc(Cl)cc3)CC2)nc2c1S(=O)CC2.NC[C@H]1CCCN1c1nc(N2CCN(c3ccc(Cl)cc3)CC2)nc2c1S(=O)CC2. The summed E-state index contributed by atoms with van der Waals surface area (Å²) in [6, 6.07) is 16.3. The molecule has 8 heterocycles. The minimum Gasteiger partial charge on any atom is -0.444 e. The Balaban J connectivity index is 0.000000171. The number of nitrogens with one attached hydrogen (secondary N) is 1. The van der Waals surface area contributed by atoms with Gasteiger partial charge in [-0.3, -0.25) is 8.42 Å². The Labute approximate surface area is 408 Å². The maximum atomic E-state index is 13.0. The summed E-state index contributed by atoms with van der Waals surface area (Å²) in [5.74, 6) is 4.32. The van der Waals surface area contributed by atoms with E-state index in [9.17, 15) is 13.2 Å². The van der Waals surface area contributed by atoms with Gasteiger partial charge < -0.3 is 45.2 Å². The molecule has 20 heteroatoms. The molecule has 4 atom stereocenters. The first-order valence-electron chi connectivity index (χ1n) is 23.6. The van der Waals surface area contributed by atoms with Crippen LogP contribution in [0.25, 0.3) is 0 Å². The van der Waals surface area contributed by atoms with E-state index in [2.05, 4.69) is 59.0 Å². The number of alkyl carbamates (subject to hydrolysis) is 1. The molecule has 10 rings (SSSR count). The Bertz CT molecular complexity index is 2450. The number of aryl methyl sites for hydroxylation is 2. The maximum absolute atomic E-state index is 13.0. The van der Waals surface area contributed by atoms with Crippen LogP contribution in [0.2, 0.25) is 10.0 Å². The fourth-order valence-electron chi connectivity index (χ4n) is 9.84. The summed E-state index contributed by atoms with van der Waals surface area (Å²) < 4.78 is 31.1. The number of hydrogen-bond donors (Lipinski definition) is 2. The molecule has 2 unspecified atom stereocenters. The lowest BCUT2D eigenvalue weighted by Crippen LogP contribution is -2.47. The number of rotatable bonds is 9. The molecular weight excluding hydrogens is 932 g/mol. The van der Waals surface area contributed by atoms with Crippen LogP contribution in [0.3, 0.4) is 0 Å². The van der Waals surface area contributed by atoms with Gasteiger partial charge in [0, 0.05) is 136 Å². The summed E-state index contributed by atoms with van der Waals surface area (Å²) >= 11 is 12.1. The predicted molar refractivity (Wildman–Crippen MR) is 270 cm³/mol. The fraction of sp³-hybridized carbons (Fsp3) is 0.553. The second kappa shape index (κ2) is 20.6. The van der Waals surface area contributed by atoms with E-state index in [-0.39, 0.29) is 12.1 Å². The summed E-state index contributed by atoms with van der Waals surface area (Å²) in [4.78, 5) is 47.3. The van der Waals surface area contributed by atoms with Crippen molar-refractivity contribution in [3.8, 4) is 0 Å². The van der Waals surface area contributed by atoms with Crippen molar-refractivity contribution in [2.45, 2.75) is 86.8 Å². The average Bonchev–Trinajstić information content (AvgIpc) is 4.16. The van der Waals surface area contributed by atoms with Crippen molar-refractivity contribution in [2.24, 2.45) is 5.73 Å². The van der Waals surface area contributed by atoms with Crippen molar-refractivity contribution in [2.75, 3.05) is 119 Å². The smallest absolute Gasteiger partial charge is 0.407 e. The molecule has 2 aromatic carbocycles. The summed E-state index contributed by atoms with van der Waals surface area (Å²) in [6.07, 6.45) is 5.12. The standard InChI is InChI=1S/C26H35ClN6O3S.C21H27ClN6OS/c1-26(2,3)36-25(34)28-17-20-5-4-11-33(20)23-22-21(10-16-37(22)35)29-24(30-23)32-14-12-31(13-15-32)19-8-6-18(27)7-9-19;22-15-3-5-16(6-4-15)26-9-11-27(12-10-26)21-24-18-7-13-30(29)19(18)20(25-21)28-8-1-2-17(28)14-23/h6-9,20H,4-5,10-17H2,1-3H3,(H,28,34);3-6,17H,1-2,7-14,23H2/t20-,37?;17-,30?/m11/s1. The zero-order valence-electron chi connectivity index (χ0n) is 38.7. The number of halogens is 2. The number of carbonyl (C=O) groups excluding carboxylic acids is 1. The highest BCUT2D eigenvalue weighted by Crippen LogP contribution is 2.38. The van der Waals surface area contributed by atoms with Gasteiger partial charge in [0.05, 0.1) is 33.0 Å². The molecule has 67 heavy (non-hydrogen) atoms. The number of piperazine rings is 2. The number of aromatic nitrogens is 4. The molecule has 4 aromatic rings. The molecule has 16 nitrogen and oxygen atoms in total. The molecule has 0 spiro atoms. The molecule has 6 aliphatic heterocycles. The second-order valence-corrected chi connectivity index (χ2v) is 22.7. The number of hydrogen-bond acceptors (Lipinski definition) is 15. The van der Waals surface area contributed by atoms with Gasteiger partial charge in [0.1, 0.15) is 15.4 Å². The Morgan fingerprint density at radius 2 is 1.07 bits per heavy atom. The number of ether oxygens (including phenoxy) is 1. The van der Waals surface area contributed by atoms with Gasteiger partial charge in [0.25, 0.3) is 0 Å². The van der Waals surface area contributed by atoms with Gasteiger partial charge in [-0.15, -0.1) is 0 Å². The van der Waals surface area contributed by atoms with E-state index < -0.39 is 33.3 Å². The first kappa shape index (κ1) is 47.6. The molecule has 1 amide bonds. The molecule has 0 bridgehead atoms. The lowest BCUT2D eigenvalue weighted by molar-refractivity contribution is 0.0524. The Hall–Kier alpha value is -4.49. The van der Waals surface area contributed by atoms with Crippen LogP contribution in [0.4, 0.5) is 39.7 Å². The number of anilines is 6. The Kier molecular flexibility index (Phi) is 14.6. The number of benzene rings is 2. The minimum atomic E-state index is -1.11. The number of fused-ring (bicyclic) bond motifs is 2. The average molecular weight is 994 g/mol. The second-order valence-electron chi connectivity index (χ2n) is 18.8. The molecule has 3 N–H and O–H groups in total. The van der Waals surface area contributed by atoms with Crippen molar-refractivity contribution in [3.63, 3.8) is 0 Å². The summed E-state index contributed by atoms with van der Waals surface area (Å²) in [7, 11) is -2.12. The number of nitrogens with two attached hydrogens (primary N) is 1. The third kappa shape index (κ3) is 10.9. The van der Waals surface area contributed by atoms with Gasteiger partial charge in [0.15, 0.2) is 11.6 Å². The molecular formula is C47H62Cl2N12O4S2. The lowest BCUT2D eigenvalue weighted by Gasteiger charge is -2.37. The van der Waals surface area contributed by atoms with Gasteiger partial charge in [-0.2, -0.15) is 9.97 Å². The first-order chi connectivity index (χ1) is 32.3. The zero-order valence-corrected chi connectivity index (χ0v) is 41.8. The molecule has 4 saturated heterocycles. The van der Waals surface area contributed by atoms with Crippen molar-refractivity contribution in [3.05, 3.63) is 70.0 Å². The van der Waals surface area contributed by atoms with Gasteiger partial charge >= 0.3 is 6.09 Å². The predicted octanol–water partition coefficient (Wildman–Crippen LogP) is 5.66. The molecule has 0 aliphatic carbocycles. The molecule has 0 radical (unpaired) electrons. The van der Waals surface area contributed by atoms with E-state index >= 15 is 0 Å². The van der Waals surface area contributed by atoms with Crippen molar-refractivity contribution < 1.29 is 17.9 Å². The highest BCUT2D eigenvalue weighted by atomic mass is 35.5. The first-order valence-corrected chi connectivity index (χ1v) is 27.0. The van der Waals surface area contributed by atoms with E-state index in [0.29, 0.717) is 37.0 Å². The largest absolute Gasteiger partial charge is 0.444 e. The number of carbonyl (C=O) groups is 1. The van der Waals surface area contributed by atoms with Crippen LogP contribution in [0, 0.1) is 0 Å². The number of nitrogens with zero attached hydrogens (tertiary/aromatic N) is 10. The van der Waals surface area contributed by atoms with Crippen molar-refractivity contribution in [1.82, 2.24) is 25.3 Å². The minimum absolute atomic E-state index is 0.0683. The van der Waals surface area contributed by atoms with Gasteiger partial charge in [0.2, 0.25) is 11.9 Å². The van der Waals surface area contributed by atoms with Crippen LogP contribution >= 0.6 is 23.2 Å². The maximum Gasteiger partial charge on any atom is 0.407 e. The van der Waals surface area contributed by atoms with Crippen molar-refractivity contribution >= 4 is 85.8 Å². The van der Waals surface area contributed by atoms with Crippen LogP contribution in [0.5, 0.6) is 0 Å². The lowest BCUT2D eigenvalue weighted by atomic mass is 10.2. The normalized spacial score (nSPS) is 22.7. The summed E-state index contributed by atoms with van der Waals surface area (Å²) in [5, 5.41) is 4.41. The highest BCUT2D eigenvalue weighted by Gasteiger charge is 2.37. The van der Waals surface area contributed by atoms with Crippen LogP contribution in [0.1, 0.15) is 57.8 Å². The molecule has 360 valence electrons. The monoisotopic (exact) mass is 992 g/mol. The zero-order chi connectivity index (χ0) is 46.8. The van der Waals surface area contributed by atoms with Crippen LogP contribution in [0.15, 0.2) is 58.3 Å². The van der Waals surface area contributed by atoms with Gasteiger partial charge in [-0.1, -0.05) is 23.2 Å². The topological polar surface area (TPSA) is 169 Å². The summed E-state index contributed by atoms with van der Waals surface area (Å²) in [5.41, 5.74) is 9.67. The third-order valence-corrected chi connectivity index (χ3v) is 16.7. The Morgan fingerprint density at radius 1 is 0.657 bits per heavy atom. The molecule has 0 saturated carbocycles. The summed E-state index contributed by atoms with van der Waals surface area (Å²) in [6.45, 7) is 15.2. The van der Waals surface area contributed by atoms with Crippen molar-refractivity contribution in [1.29, 1.82) is 0 Å². The fourth-order valence-corrected chi connectivity index (χ4v) is 12.8. The third-order valence-electron chi connectivity index (χ3n) is 13.3. The highest BCUT2D eigenvalue weighted by molar-refractivity contribution is 7.85. The number of amides is 1. The molecule has 4 fully saturated rings. The van der Waals surface area contributed by atoms with E-state index in [1.807, 2.05) is 45.0 Å². The van der Waals surface area contributed by atoms with Crippen LogP contribution in [-0.4, -0.2) is 142 Å². The van der Waals surface area contributed by atoms with Gasteiger partial charge in [-0.05, 0) is 95.0 Å². The van der Waals surface area contributed by atoms with Crippen LogP contribution < -0.4 is 40.4 Å². The Morgan fingerprint density at radius 3 is 1.51 bits per heavy atom. The molecule has 2 aromatic heterocycles. The molecule has 6 aliphatic rings. The van der Waals surface area contributed by atoms with E-state index in [4.69, 9.17) is 53.6 Å². The van der Waals surface area contributed by atoms with E-state index in [1.54, 1.807) is 0 Å². The van der Waals surface area contributed by atoms with E-state index in [0.717, 1.165) is 152 Å². The quantitative estimate of drug-likeness (QED) is 0.211. The van der Waals surface area contributed by atoms with Gasteiger partial charge in [-0.25, -0.2) is 14.8 Å². The van der Waals surface area contributed by atoms with Crippen LogP contribution in [-0.2, 0) is 39.2 Å².